The molecular formula is C20H22N6O. The van der Waals surface area contributed by atoms with Crippen LogP contribution >= 0.6 is 0 Å². The van der Waals surface area contributed by atoms with Crippen molar-refractivity contribution in [1.82, 2.24) is 25.2 Å². The third-order valence-corrected chi connectivity index (χ3v) is 4.47. The highest BCUT2D eigenvalue weighted by atomic mass is 16.3. The minimum Gasteiger partial charge on any atom is -0.459 e. The monoisotopic (exact) mass is 362 g/mol. The molecule has 0 bridgehead atoms. The molecule has 0 amide bonds. The average molecular weight is 362 g/mol. The number of aliphatic imine (C=N–C) groups is 1. The normalized spacial score (nSPS) is 12.0. The fourth-order valence-electron chi connectivity index (χ4n) is 3.05. The van der Waals surface area contributed by atoms with Crippen molar-refractivity contribution in [2.45, 2.75) is 26.9 Å². The Morgan fingerprint density at radius 3 is 2.81 bits per heavy atom. The summed E-state index contributed by atoms with van der Waals surface area (Å²) in [4.78, 5) is 4.63. The number of rotatable bonds is 5. The van der Waals surface area contributed by atoms with Gasteiger partial charge in [0, 0.05) is 23.7 Å². The van der Waals surface area contributed by atoms with Crippen LogP contribution in [0.2, 0.25) is 0 Å². The summed E-state index contributed by atoms with van der Waals surface area (Å²) in [6.45, 7) is 5.88. The molecule has 0 fully saturated rings. The van der Waals surface area contributed by atoms with Gasteiger partial charge in [0.05, 0.1) is 6.54 Å². The van der Waals surface area contributed by atoms with E-state index >= 15 is 0 Å². The number of nitrogens with one attached hydrogen (secondary N) is 2. The van der Waals surface area contributed by atoms with Gasteiger partial charge in [-0.05, 0) is 32.0 Å². The molecule has 0 radical (unpaired) electrons. The zero-order chi connectivity index (χ0) is 18.6. The fourth-order valence-corrected chi connectivity index (χ4v) is 3.05. The molecule has 7 nitrogen and oxygen atoms in total. The Labute approximate surface area is 157 Å². The van der Waals surface area contributed by atoms with Crippen molar-refractivity contribution in [2.75, 3.05) is 6.54 Å². The number of fused-ring (bicyclic) bond motifs is 2. The summed E-state index contributed by atoms with van der Waals surface area (Å²) in [7, 11) is 0. The van der Waals surface area contributed by atoms with E-state index in [2.05, 4.69) is 38.8 Å². The molecule has 0 atom stereocenters. The molecule has 0 saturated heterocycles. The predicted octanol–water partition coefficient (Wildman–Crippen LogP) is 3.04. The first-order valence-corrected chi connectivity index (χ1v) is 9.04. The Morgan fingerprint density at radius 1 is 1.11 bits per heavy atom. The number of benzene rings is 1. The number of para-hydroxylation sites is 1. The molecule has 0 spiro atoms. The van der Waals surface area contributed by atoms with Crippen LogP contribution in [0.5, 0.6) is 0 Å². The highest BCUT2D eigenvalue weighted by Gasteiger charge is 2.10. The van der Waals surface area contributed by atoms with Crippen molar-refractivity contribution in [3.05, 3.63) is 65.8 Å². The number of aromatic nitrogens is 3. The maximum Gasteiger partial charge on any atom is 0.192 e. The van der Waals surface area contributed by atoms with Gasteiger partial charge in [0.15, 0.2) is 17.4 Å². The Morgan fingerprint density at radius 2 is 1.96 bits per heavy atom. The minimum atomic E-state index is 0.430. The first-order chi connectivity index (χ1) is 13.3. The van der Waals surface area contributed by atoms with Crippen LogP contribution in [0.25, 0.3) is 16.6 Å². The Kier molecular flexibility index (Phi) is 4.74. The maximum atomic E-state index is 5.96. The summed E-state index contributed by atoms with van der Waals surface area (Å²) < 4.78 is 7.90. The van der Waals surface area contributed by atoms with Crippen molar-refractivity contribution in [1.29, 1.82) is 0 Å². The molecular weight excluding hydrogens is 340 g/mol. The fraction of sp³-hybridized carbons (Fsp3) is 0.250. The number of pyridine rings is 1. The first kappa shape index (κ1) is 17.1. The summed E-state index contributed by atoms with van der Waals surface area (Å²) in [6.07, 6.45) is 1.94. The molecule has 4 aromatic rings. The van der Waals surface area contributed by atoms with Crippen molar-refractivity contribution in [3.8, 4) is 0 Å². The van der Waals surface area contributed by atoms with E-state index in [-0.39, 0.29) is 0 Å². The number of hydrogen-bond donors (Lipinski definition) is 2. The van der Waals surface area contributed by atoms with Crippen LogP contribution in [-0.2, 0) is 13.1 Å². The van der Waals surface area contributed by atoms with Crippen molar-refractivity contribution in [2.24, 2.45) is 4.99 Å². The zero-order valence-electron chi connectivity index (χ0n) is 15.4. The number of guanidine groups is 1. The molecule has 4 rings (SSSR count). The lowest BCUT2D eigenvalue weighted by Gasteiger charge is -2.10. The van der Waals surface area contributed by atoms with E-state index < -0.39 is 0 Å². The highest BCUT2D eigenvalue weighted by Crippen LogP contribution is 2.24. The SMILES string of the molecule is CCNC(=NCc1nnc2ccccn12)NCc1oc2ccccc2c1C. The van der Waals surface area contributed by atoms with Gasteiger partial charge < -0.3 is 15.1 Å². The average Bonchev–Trinajstić information content (AvgIpc) is 3.25. The van der Waals surface area contributed by atoms with Crippen LogP contribution in [-0.4, -0.2) is 27.1 Å². The van der Waals surface area contributed by atoms with Gasteiger partial charge in [-0.1, -0.05) is 24.3 Å². The lowest BCUT2D eigenvalue weighted by molar-refractivity contribution is 0.534. The molecule has 7 heteroatoms. The van der Waals surface area contributed by atoms with Crippen molar-refractivity contribution >= 4 is 22.6 Å². The molecule has 138 valence electrons. The largest absolute Gasteiger partial charge is 0.459 e. The molecule has 0 aliphatic heterocycles. The smallest absolute Gasteiger partial charge is 0.192 e. The Bertz CT molecular complexity index is 1090. The molecule has 0 unspecified atom stereocenters. The van der Waals surface area contributed by atoms with Gasteiger partial charge in [-0.25, -0.2) is 4.99 Å². The van der Waals surface area contributed by atoms with E-state index in [9.17, 15) is 0 Å². The van der Waals surface area contributed by atoms with Crippen LogP contribution in [0.1, 0.15) is 24.1 Å². The topological polar surface area (TPSA) is 79.8 Å². The standard InChI is InChI=1S/C20H22N6O/c1-3-21-20(23-13-19-25-24-18-10-6-7-11-26(18)19)22-12-17-14(2)15-8-4-5-9-16(15)27-17/h4-11H,3,12-13H2,1-2H3,(H2,21,22,23). The van der Waals surface area contributed by atoms with Gasteiger partial charge in [0.2, 0.25) is 0 Å². The second-order valence-electron chi connectivity index (χ2n) is 6.24. The van der Waals surface area contributed by atoms with Gasteiger partial charge in [0.25, 0.3) is 0 Å². The van der Waals surface area contributed by atoms with Gasteiger partial charge in [-0.2, -0.15) is 0 Å². The maximum absolute atomic E-state index is 5.96. The molecule has 1 aromatic carbocycles. The lowest BCUT2D eigenvalue weighted by atomic mass is 10.1. The van der Waals surface area contributed by atoms with Crippen LogP contribution in [0, 0.1) is 6.92 Å². The molecule has 0 saturated carbocycles. The third-order valence-electron chi connectivity index (χ3n) is 4.47. The summed E-state index contributed by atoms with van der Waals surface area (Å²) in [5, 5.41) is 16.1. The molecule has 0 aliphatic carbocycles. The van der Waals surface area contributed by atoms with E-state index in [1.54, 1.807) is 0 Å². The summed E-state index contributed by atoms with van der Waals surface area (Å²) >= 11 is 0. The van der Waals surface area contributed by atoms with E-state index in [4.69, 9.17) is 4.42 Å². The number of hydrogen-bond acceptors (Lipinski definition) is 4. The van der Waals surface area contributed by atoms with Gasteiger partial charge in [-0.15, -0.1) is 10.2 Å². The van der Waals surface area contributed by atoms with Crippen LogP contribution in [0.15, 0.2) is 58.1 Å². The Hall–Kier alpha value is -3.35. The first-order valence-electron chi connectivity index (χ1n) is 9.04. The van der Waals surface area contributed by atoms with Crippen molar-refractivity contribution in [3.63, 3.8) is 0 Å². The van der Waals surface area contributed by atoms with Crippen LogP contribution in [0.3, 0.4) is 0 Å². The summed E-state index contributed by atoms with van der Waals surface area (Å²) in [5.41, 5.74) is 2.87. The van der Waals surface area contributed by atoms with Crippen LogP contribution < -0.4 is 10.6 Å². The molecule has 3 heterocycles. The second kappa shape index (κ2) is 7.49. The molecule has 27 heavy (non-hydrogen) atoms. The number of furan rings is 1. The van der Waals surface area contributed by atoms with Gasteiger partial charge >= 0.3 is 0 Å². The third kappa shape index (κ3) is 3.48. The number of aryl methyl sites for hydroxylation is 1. The molecule has 0 aliphatic rings. The Balaban J connectivity index is 1.50. The molecule has 3 aromatic heterocycles. The van der Waals surface area contributed by atoms with Crippen molar-refractivity contribution < 1.29 is 4.42 Å². The van der Waals surface area contributed by atoms with Gasteiger partial charge in [-0.3, -0.25) is 4.40 Å². The lowest BCUT2D eigenvalue weighted by Crippen LogP contribution is -2.36. The van der Waals surface area contributed by atoms with E-state index in [1.165, 1.54) is 0 Å². The second-order valence-corrected chi connectivity index (χ2v) is 6.24. The van der Waals surface area contributed by atoms with E-state index in [1.807, 2.05) is 53.9 Å². The molecule has 2 N–H and O–H groups in total. The van der Waals surface area contributed by atoms with Gasteiger partial charge in [0.1, 0.15) is 17.9 Å². The minimum absolute atomic E-state index is 0.430. The quantitative estimate of drug-likeness (QED) is 0.421. The van der Waals surface area contributed by atoms with Crippen LogP contribution in [0.4, 0.5) is 0 Å². The predicted molar refractivity (Wildman–Crippen MR) is 106 cm³/mol. The highest BCUT2D eigenvalue weighted by molar-refractivity contribution is 5.83. The van der Waals surface area contributed by atoms with E-state index in [0.717, 1.165) is 40.3 Å². The summed E-state index contributed by atoms with van der Waals surface area (Å²) in [5.74, 6) is 2.42. The van der Waals surface area contributed by atoms with E-state index in [0.29, 0.717) is 19.0 Å². The zero-order valence-corrected chi connectivity index (χ0v) is 15.4. The summed E-state index contributed by atoms with van der Waals surface area (Å²) in [6, 6.07) is 13.9. The number of nitrogens with zero attached hydrogens (tertiary/aromatic N) is 4.